The Morgan fingerprint density at radius 1 is 1.30 bits per heavy atom. The van der Waals surface area contributed by atoms with Crippen molar-refractivity contribution in [2.24, 2.45) is 0 Å². The van der Waals surface area contributed by atoms with Gasteiger partial charge in [-0.25, -0.2) is 4.79 Å². The molecule has 0 spiro atoms. The predicted molar refractivity (Wildman–Crippen MR) is 82.9 cm³/mol. The Bertz CT molecular complexity index is 479. The van der Waals surface area contributed by atoms with E-state index >= 15 is 0 Å². The first-order valence-electron chi connectivity index (χ1n) is 6.00. The molecule has 0 aliphatic carbocycles. The molecule has 1 aromatic carbocycles. The van der Waals surface area contributed by atoms with Crippen LogP contribution in [0.25, 0.3) is 0 Å². The molecule has 0 bridgehead atoms. The van der Waals surface area contributed by atoms with Crippen molar-refractivity contribution in [2.45, 2.75) is 0 Å². The van der Waals surface area contributed by atoms with E-state index in [0.29, 0.717) is 24.4 Å². The van der Waals surface area contributed by atoms with Crippen LogP contribution in [0.4, 0.5) is 0 Å². The van der Waals surface area contributed by atoms with Crippen LogP contribution < -0.4 is 15.4 Å². The molecule has 2 N–H and O–H groups in total. The van der Waals surface area contributed by atoms with Crippen molar-refractivity contribution < 1.29 is 19.1 Å². The summed E-state index contributed by atoms with van der Waals surface area (Å²) in [4.78, 5) is 23.2. The van der Waals surface area contributed by atoms with E-state index in [1.54, 1.807) is 25.2 Å². The van der Waals surface area contributed by atoms with E-state index in [1.807, 2.05) is 0 Å². The number of nitrogens with one attached hydrogen (secondary N) is 2. The molecule has 0 heterocycles. The van der Waals surface area contributed by atoms with Gasteiger partial charge in [0.1, 0.15) is 11.3 Å². The first-order valence-corrected chi connectivity index (χ1v) is 7.08. The summed E-state index contributed by atoms with van der Waals surface area (Å²) in [6.45, 7) is 1.06. The van der Waals surface area contributed by atoms with Crippen molar-refractivity contribution in [2.75, 3.05) is 33.9 Å². The smallest absolute Gasteiger partial charge is 0.341 e. The molecule has 0 aliphatic heterocycles. The minimum Gasteiger partial charge on any atom is -0.483 e. The maximum Gasteiger partial charge on any atom is 0.341 e. The van der Waals surface area contributed by atoms with Gasteiger partial charge in [-0.15, -0.1) is 0 Å². The van der Waals surface area contributed by atoms with Crippen LogP contribution >= 0.6 is 22.6 Å². The molecule has 1 amide bonds. The van der Waals surface area contributed by atoms with Crippen molar-refractivity contribution in [3.8, 4) is 5.75 Å². The Labute approximate surface area is 131 Å². The standard InChI is InChI=1S/C13H17IN2O4/c1-15-5-6-16-12(17)8-20-11-4-3-9(14)7-10(11)13(18)19-2/h3-4,7,15H,5-6,8H2,1-2H3,(H,16,17). The van der Waals surface area contributed by atoms with Crippen molar-refractivity contribution in [1.29, 1.82) is 0 Å². The van der Waals surface area contributed by atoms with Crippen LogP contribution in [0.3, 0.4) is 0 Å². The van der Waals surface area contributed by atoms with Gasteiger partial charge in [0.15, 0.2) is 6.61 Å². The molecule has 0 unspecified atom stereocenters. The van der Waals surface area contributed by atoms with E-state index in [1.165, 1.54) is 7.11 Å². The molecule has 110 valence electrons. The third-order valence-corrected chi connectivity index (χ3v) is 3.07. The average Bonchev–Trinajstić information content (AvgIpc) is 2.45. The third kappa shape index (κ3) is 5.33. The van der Waals surface area contributed by atoms with Crippen molar-refractivity contribution in [3.63, 3.8) is 0 Å². The summed E-state index contributed by atoms with van der Waals surface area (Å²) in [5.74, 6) is -0.398. The minimum atomic E-state index is -0.492. The lowest BCUT2D eigenvalue weighted by Crippen LogP contribution is -2.34. The van der Waals surface area contributed by atoms with Crippen molar-refractivity contribution in [1.82, 2.24) is 10.6 Å². The highest BCUT2D eigenvalue weighted by Crippen LogP contribution is 2.22. The summed E-state index contributed by atoms with van der Waals surface area (Å²) in [6, 6.07) is 5.09. The number of carbonyl (C=O) groups is 2. The monoisotopic (exact) mass is 392 g/mol. The molecular formula is C13H17IN2O4. The number of amides is 1. The molecule has 0 radical (unpaired) electrons. The molecule has 0 aromatic heterocycles. The molecule has 0 saturated carbocycles. The highest BCUT2D eigenvalue weighted by molar-refractivity contribution is 14.1. The van der Waals surface area contributed by atoms with Crippen LogP contribution in [-0.2, 0) is 9.53 Å². The topological polar surface area (TPSA) is 76.7 Å². The van der Waals surface area contributed by atoms with Crippen LogP contribution in [-0.4, -0.2) is 45.7 Å². The quantitative estimate of drug-likeness (QED) is 0.408. The highest BCUT2D eigenvalue weighted by Gasteiger charge is 2.14. The second-order valence-electron chi connectivity index (χ2n) is 3.87. The second kappa shape index (κ2) is 8.75. The number of esters is 1. The summed E-state index contributed by atoms with van der Waals surface area (Å²) >= 11 is 2.09. The van der Waals surface area contributed by atoms with Gasteiger partial charge in [-0.1, -0.05) is 0 Å². The van der Waals surface area contributed by atoms with Crippen LogP contribution in [0, 0.1) is 3.57 Å². The van der Waals surface area contributed by atoms with Crippen molar-refractivity contribution in [3.05, 3.63) is 27.3 Å². The summed E-state index contributed by atoms with van der Waals surface area (Å²) in [6.07, 6.45) is 0. The van der Waals surface area contributed by atoms with Crippen molar-refractivity contribution >= 4 is 34.5 Å². The lowest BCUT2D eigenvalue weighted by Gasteiger charge is -2.11. The second-order valence-corrected chi connectivity index (χ2v) is 5.12. The predicted octanol–water partition coefficient (Wildman–Crippen LogP) is 0.792. The Morgan fingerprint density at radius 3 is 2.70 bits per heavy atom. The SMILES string of the molecule is CNCCNC(=O)COc1ccc(I)cc1C(=O)OC. The van der Waals surface area contributed by atoms with E-state index in [4.69, 9.17) is 4.74 Å². The number of hydrogen-bond donors (Lipinski definition) is 2. The zero-order valence-electron chi connectivity index (χ0n) is 11.4. The Morgan fingerprint density at radius 2 is 2.05 bits per heavy atom. The van der Waals surface area contributed by atoms with E-state index < -0.39 is 5.97 Å². The van der Waals surface area contributed by atoms with Crippen LogP contribution in [0.15, 0.2) is 18.2 Å². The molecule has 0 fully saturated rings. The fourth-order valence-corrected chi connectivity index (χ4v) is 1.91. The first-order chi connectivity index (χ1) is 9.58. The molecule has 0 atom stereocenters. The lowest BCUT2D eigenvalue weighted by molar-refractivity contribution is -0.123. The Balaban J connectivity index is 2.63. The molecule has 1 rings (SSSR count). The van der Waals surface area contributed by atoms with Crippen LogP contribution in [0.5, 0.6) is 5.75 Å². The van der Waals surface area contributed by atoms with Gasteiger partial charge < -0.3 is 20.1 Å². The maximum absolute atomic E-state index is 11.6. The largest absolute Gasteiger partial charge is 0.483 e. The van der Waals surface area contributed by atoms with Gasteiger partial charge in [0.05, 0.1) is 7.11 Å². The van der Waals surface area contributed by atoms with E-state index in [0.717, 1.165) is 3.57 Å². The Kier molecular flexibility index (Phi) is 7.31. The van der Waals surface area contributed by atoms with Gasteiger partial charge in [0.2, 0.25) is 0 Å². The number of methoxy groups -OCH3 is 1. The zero-order valence-corrected chi connectivity index (χ0v) is 13.5. The molecule has 6 nitrogen and oxygen atoms in total. The number of carbonyl (C=O) groups excluding carboxylic acids is 2. The number of likely N-dealkylation sites (N-methyl/N-ethyl adjacent to an activating group) is 1. The third-order valence-electron chi connectivity index (χ3n) is 2.40. The van der Waals surface area contributed by atoms with Crippen LogP contribution in [0.1, 0.15) is 10.4 Å². The molecule has 1 aromatic rings. The number of benzene rings is 1. The van der Waals surface area contributed by atoms with Gasteiger partial charge in [-0.3, -0.25) is 4.79 Å². The van der Waals surface area contributed by atoms with Gasteiger partial charge in [0, 0.05) is 16.7 Å². The first kappa shape index (κ1) is 16.7. The number of halogens is 1. The maximum atomic E-state index is 11.6. The summed E-state index contributed by atoms with van der Waals surface area (Å²) < 4.78 is 10.9. The normalized spacial score (nSPS) is 9.95. The number of hydrogen-bond acceptors (Lipinski definition) is 5. The van der Waals surface area contributed by atoms with E-state index in [-0.39, 0.29) is 12.5 Å². The zero-order chi connectivity index (χ0) is 15.0. The fraction of sp³-hybridized carbons (Fsp3) is 0.385. The number of ether oxygens (including phenoxy) is 2. The van der Waals surface area contributed by atoms with Gasteiger partial charge in [-0.2, -0.15) is 0 Å². The summed E-state index contributed by atoms with van der Waals surface area (Å²) in [5, 5.41) is 5.60. The molecule has 7 heteroatoms. The Hall–Kier alpha value is -1.35. The summed E-state index contributed by atoms with van der Waals surface area (Å²) in [5.41, 5.74) is 0.308. The lowest BCUT2D eigenvalue weighted by atomic mass is 10.2. The van der Waals surface area contributed by atoms with E-state index in [2.05, 4.69) is 38.0 Å². The highest BCUT2D eigenvalue weighted by atomic mass is 127. The van der Waals surface area contributed by atoms with Gasteiger partial charge >= 0.3 is 5.97 Å². The van der Waals surface area contributed by atoms with Gasteiger partial charge in [-0.05, 0) is 47.8 Å². The molecule has 20 heavy (non-hydrogen) atoms. The van der Waals surface area contributed by atoms with Crippen LogP contribution in [0.2, 0.25) is 0 Å². The average molecular weight is 392 g/mol. The van der Waals surface area contributed by atoms with Gasteiger partial charge in [0.25, 0.3) is 5.91 Å². The number of rotatable bonds is 7. The molecule has 0 aliphatic rings. The minimum absolute atomic E-state index is 0.145. The fourth-order valence-electron chi connectivity index (χ4n) is 1.42. The molecular weight excluding hydrogens is 375 g/mol. The molecule has 0 saturated heterocycles. The van der Waals surface area contributed by atoms with E-state index in [9.17, 15) is 9.59 Å². The summed E-state index contributed by atoms with van der Waals surface area (Å²) in [7, 11) is 3.10.